The van der Waals surface area contributed by atoms with Crippen molar-refractivity contribution in [1.29, 1.82) is 0 Å². The lowest BCUT2D eigenvalue weighted by Gasteiger charge is -2.20. The highest BCUT2D eigenvalue weighted by Gasteiger charge is 2.23. The lowest BCUT2D eigenvalue weighted by molar-refractivity contribution is 0.200. The smallest absolute Gasteiger partial charge is 0.174 e. The van der Waals surface area contributed by atoms with Crippen LogP contribution in [0.25, 0.3) is 0 Å². The Kier molecular flexibility index (Phi) is 4.51. The summed E-state index contributed by atoms with van der Waals surface area (Å²) in [7, 11) is 1.70. The van der Waals surface area contributed by atoms with E-state index in [0.717, 1.165) is 35.4 Å². The fraction of sp³-hybridized carbons (Fsp3) is 0.625. The average Bonchev–Trinajstić information content (AvgIpc) is 3.11. The molecule has 0 spiro atoms. The highest BCUT2D eigenvalue weighted by Crippen LogP contribution is 2.41. The maximum Gasteiger partial charge on any atom is 0.174 e. The molecule has 0 amide bonds. The highest BCUT2D eigenvalue weighted by molar-refractivity contribution is 9.10. The van der Waals surface area contributed by atoms with Gasteiger partial charge >= 0.3 is 0 Å². The second-order valence-corrected chi connectivity index (χ2v) is 6.56. The van der Waals surface area contributed by atoms with Crippen LogP contribution in [-0.2, 0) is 0 Å². The third kappa shape index (κ3) is 2.96. The second kappa shape index (κ2) is 6.35. The van der Waals surface area contributed by atoms with E-state index in [4.69, 9.17) is 9.47 Å². The van der Waals surface area contributed by atoms with Gasteiger partial charge in [0.05, 0.1) is 17.7 Å². The van der Waals surface area contributed by atoms with Crippen molar-refractivity contribution in [1.82, 2.24) is 5.32 Å². The summed E-state index contributed by atoms with van der Waals surface area (Å²) in [5.74, 6) is 1.70. The number of nitrogens with one attached hydrogen (secondary N) is 1. The lowest BCUT2D eigenvalue weighted by Crippen LogP contribution is -2.15. The SMILES string of the molecule is COc1c(Br)cc(C2CCCN2)cc1OC1CCCC1. The van der Waals surface area contributed by atoms with E-state index in [1.54, 1.807) is 7.11 Å². The van der Waals surface area contributed by atoms with Gasteiger partial charge in [-0.1, -0.05) is 0 Å². The zero-order valence-corrected chi connectivity index (χ0v) is 13.5. The molecule has 1 unspecified atom stereocenters. The van der Waals surface area contributed by atoms with E-state index in [9.17, 15) is 0 Å². The Labute approximate surface area is 129 Å². The van der Waals surface area contributed by atoms with Crippen LogP contribution in [-0.4, -0.2) is 19.8 Å². The Hall–Kier alpha value is -0.740. The van der Waals surface area contributed by atoms with Crippen molar-refractivity contribution in [3.63, 3.8) is 0 Å². The summed E-state index contributed by atoms with van der Waals surface area (Å²) in [6, 6.07) is 4.76. The van der Waals surface area contributed by atoms with Crippen molar-refractivity contribution in [3.8, 4) is 11.5 Å². The second-order valence-electron chi connectivity index (χ2n) is 5.71. The summed E-state index contributed by atoms with van der Waals surface area (Å²) >= 11 is 3.62. The van der Waals surface area contributed by atoms with Crippen molar-refractivity contribution in [3.05, 3.63) is 22.2 Å². The molecule has 1 aromatic rings. The van der Waals surface area contributed by atoms with Gasteiger partial charge in [-0.15, -0.1) is 0 Å². The Balaban J connectivity index is 1.87. The van der Waals surface area contributed by atoms with E-state index in [2.05, 4.69) is 33.4 Å². The van der Waals surface area contributed by atoms with Crippen molar-refractivity contribution in [2.75, 3.05) is 13.7 Å². The van der Waals surface area contributed by atoms with E-state index in [-0.39, 0.29) is 0 Å². The van der Waals surface area contributed by atoms with Gasteiger partial charge in [0.25, 0.3) is 0 Å². The van der Waals surface area contributed by atoms with Gasteiger partial charge in [-0.3, -0.25) is 0 Å². The van der Waals surface area contributed by atoms with E-state index >= 15 is 0 Å². The normalized spacial score (nSPS) is 23.2. The van der Waals surface area contributed by atoms with E-state index < -0.39 is 0 Å². The van der Waals surface area contributed by atoms with Crippen molar-refractivity contribution >= 4 is 15.9 Å². The molecule has 2 aliphatic rings. The van der Waals surface area contributed by atoms with Crippen LogP contribution in [0.1, 0.15) is 50.1 Å². The summed E-state index contributed by atoms with van der Waals surface area (Å²) in [6.45, 7) is 1.10. The number of benzene rings is 1. The quantitative estimate of drug-likeness (QED) is 0.891. The topological polar surface area (TPSA) is 30.5 Å². The summed E-state index contributed by atoms with van der Waals surface area (Å²) < 4.78 is 12.7. The first kappa shape index (κ1) is 14.2. The molecule has 110 valence electrons. The first-order valence-corrected chi connectivity index (χ1v) is 8.34. The summed E-state index contributed by atoms with van der Waals surface area (Å²) in [6.07, 6.45) is 7.66. The lowest BCUT2D eigenvalue weighted by atomic mass is 10.0. The zero-order valence-electron chi connectivity index (χ0n) is 12.0. The van der Waals surface area contributed by atoms with Gasteiger partial charge in [-0.2, -0.15) is 0 Å². The van der Waals surface area contributed by atoms with Gasteiger partial charge in [0, 0.05) is 6.04 Å². The molecule has 1 aliphatic carbocycles. The molecule has 1 N–H and O–H groups in total. The zero-order chi connectivity index (χ0) is 13.9. The number of hydrogen-bond donors (Lipinski definition) is 1. The van der Waals surface area contributed by atoms with Crippen LogP contribution < -0.4 is 14.8 Å². The first-order valence-electron chi connectivity index (χ1n) is 7.55. The molecule has 1 heterocycles. The van der Waals surface area contributed by atoms with Crippen molar-refractivity contribution in [2.45, 2.75) is 50.7 Å². The predicted molar refractivity (Wildman–Crippen MR) is 83.6 cm³/mol. The molecule has 1 aliphatic heterocycles. The van der Waals surface area contributed by atoms with Gasteiger partial charge in [0.1, 0.15) is 0 Å². The summed E-state index contributed by atoms with van der Waals surface area (Å²) in [5, 5.41) is 3.54. The monoisotopic (exact) mass is 339 g/mol. The van der Waals surface area contributed by atoms with E-state index in [1.165, 1.54) is 31.2 Å². The maximum absolute atomic E-state index is 6.20. The molecule has 1 saturated heterocycles. The fourth-order valence-corrected chi connectivity index (χ4v) is 3.85. The Bertz CT molecular complexity index is 466. The van der Waals surface area contributed by atoms with Crippen LogP contribution in [0.3, 0.4) is 0 Å². The van der Waals surface area contributed by atoms with Crippen LogP contribution in [0.2, 0.25) is 0 Å². The van der Waals surface area contributed by atoms with Crippen LogP contribution in [0, 0.1) is 0 Å². The molecule has 2 fully saturated rings. The molecule has 3 rings (SSSR count). The molecule has 0 radical (unpaired) electrons. The largest absolute Gasteiger partial charge is 0.492 e. The van der Waals surface area contributed by atoms with Crippen LogP contribution in [0.5, 0.6) is 11.5 Å². The molecule has 4 heteroatoms. The minimum atomic E-state index is 0.350. The third-order valence-electron chi connectivity index (χ3n) is 4.29. The number of hydrogen-bond acceptors (Lipinski definition) is 3. The molecular formula is C16H22BrNO2. The average molecular weight is 340 g/mol. The number of rotatable bonds is 4. The van der Waals surface area contributed by atoms with Crippen LogP contribution in [0.4, 0.5) is 0 Å². The maximum atomic E-state index is 6.20. The molecule has 3 nitrogen and oxygen atoms in total. The minimum absolute atomic E-state index is 0.350. The van der Waals surface area contributed by atoms with Gasteiger partial charge in [0.2, 0.25) is 0 Å². The van der Waals surface area contributed by atoms with Crippen LogP contribution in [0.15, 0.2) is 16.6 Å². The molecule has 1 atom stereocenters. The van der Waals surface area contributed by atoms with Gasteiger partial charge in [-0.25, -0.2) is 0 Å². The Morgan fingerprint density at radius 2 is 1.95 bits per heavy atom. The number of ether oxygens (including phenoxy) is 2. The Morgan fingerprint density at radius 1 is 1.15 bits per heavy atom. The summed E-state index contributed by atoms with van der Waals surface area (Å²) in [5.41, 5.74) is 1.29. The number of methoxy groups -OCH3 is 1. The minimum Gasteiger partial charge on any atom is -0.492 e. The fourth-order valence-electron chi connectivity index (χ4n) is 3.23. The summed E-state index contributed by atoms with van der Waals surface area (Å²) in [4.78, 5) is 0. The highest BCUT2D eigenvalue weighted by atomic mass is 79.9. The number of halogens is 1. The van der Waals surface area contributed by atoms with E-state index in [1.807, 2.05) is 0 Å². The van der Waals surface area contributed by atoms with E-state index in [0.29, 0.717) is 12.1 Å². The standard InChI is InChI=1S/C16H22BrNO2/c1-19-16-13(17)9-11(14-7-4-8-18-14)10-15(16)20-12-5-2-3-6-12/h9-10,12,14,18H,2-8H2,1H3. The molecule has 1 aromatic carbocycles. The van der Waals surface area contributed by atoms with Crippen molar-refractivity contribution < 1.29 is 9.47 Å². The Morgan fingerprint density at radius 3 is 2.60 bits per heavy atom. The van der Waals surface area contributed by atoms with Crippen molar-refractivity contribution in [2.24, 2.45) is 0 Å². The van der Waals surface area contributed by atoms with Gasteiger partial charge in [0.15, 0.2) is 11.5 Å². The van der Waals surface area contributed by atoms with Gasteiger partial charge in [-0.05, 0) is 78.7 Å². The molecule has 0 aromatic heterocycles. The van der Waals surface area contributed by atoms with Crippen LogP contribution >= 0.6 is 15.9 Å². The molecule has 20 heavy (non-hydrogen) atoms. The predicted octanol–water partition coefficient (Wildman–Crippen LogP) is 4.20. The molecule has 0 bridgehead atoms. The first-order chi connectivity index (χ1) is 9.78. The molecular weight excluding hydrogens is 318 g/mol. The van der Waals surface area contributed by atoms with Gasteiger partial charge < -0.3 is 14.8 Å². The molecule has 1 saturated carbocycles. The third-order valence-corrected chi connectivity index (χ3v) is 4.88.